The minimum atomic E-state index is -0.724. The number of benzene rings is 3. The highest BCUT2D eigenvalue weighted by Crippen LogP contribution is 2.29. The number of hydrazone groups is 1. The van der Waals surface area contributed by atoms with Crippen molar-refractivity contribution in [1.29, 1.82) is 10.5 Å². The predicted octanol–water partition coefficient (Wildman–Crippen LogP) is 6.00. The van der Waals surface area contributed by atoms with E-state index in [1.807, 2.05) is 72.8 Å². The van der Waals surface area contributed by atoms with Crippen LogP contribution in [0, 0.1) is 28.6 Å². The first kappa shape index (κ1) is 23.7. The molecule has 1 heterocycles. The van der Waals surface area contributed by atoms with Gasteiger partial charge in [0.25, 0.3) is 0 Å². The monoisotopic (exact) mass is 575 g/mol. The maximum atomic E-state index is 9.81. The summed E-state index contributed by atoms with van der Waals surface area (Å²) in [6, 6.07) is 27.1. The topological polar surface area (TPSA) is 98.4 Å². The van der Waals surface area contributed by atoms with Gasteiger partial charge in [-0.25, -0.2) is 5.01 Å². The van der Waals surface area contributed by atoms with Gasteiger partial charge >= 0.3 is 0 Å². The summed E-state index contributed by atoms with van der Waals surface area (Å²) in [5.74, 6) is -0.0195. The van der Waals surface area contributed by atoms with Crippen LogP contribution in [0.2, 0.25) is 0 Å². The SMILES string of the molecule is N#C/C(=C/c1ccc(OCc2ccc(Br)cc2Br)cc1)C1=NN(c2ccccc2)[C@@H](N)[C@H]1C#N. The number of ether oxygens (including phenoxy) is 1. The molecule has 0 saturated heterocycles. The van der Waals surface area contributed by atoms with Crippen LogP contribution in [0.4, 0.5) is 5.69 Å². The van der Waals surface area contributed by atoms with Crippen molar-refractivity contribution in [3.63, 3.8) is 0 Å². The van der Waals surface area contributed by atoms with E-state index in [2.05, 4.69) is 49.1 Å². The Labute approximate surface area is 214 Å². The van der Waals surface area contributed by atoms with Gasteiger partial charge in [-0.15, -0.1) is 0 Å². The Bertz CT molecular complexity index is 1320. The molecule has 1 aliphatic rings. The maximum Gasteiger partial charge on any atom is 0.127 e. The van der Waals surface area contributed by atoms with Crippen LogP contribution < -0.4 is 15.5 Å². The smallest absolute Gasteiger partial charge is 0.127 e. The van der Waals surface area contributed by atoms with Crippen LogP contribution in [0.1, 0.15) is 11.1 Å². The van der Waals surface area contributed by atoms with Crippen LogP contribution in [-0.4, -0.2) is 11.9 Å². The molecule has 2 N–H and O–H groups in total. The van der Waals surface area contributed by atoms with Crippen LogP contribution in [0.15, 0.2) is 92.4 Å². The summed E-state index contributed by atoms with van der Waals surface area (Å²) in [6.45, 7) is 0.417. The van der Waals surface area contributed by atoms with Gasteiger partial charge in [-0.1, -0.05) is 68.3 Å². The first-order chi connectivity index (χ1) is 16.5. The van der Waals surface area contributed by atoms with Crippen molar-refractivity contribution in [2.75, 3.05) is 5.01 Å². The molecule has 0 amide bonds. The van der Waals surface area contributed by atoms with Crippen molar-refractivity contribution in [3.05, 3.63) is 98.4 Å². The van der Waals surface area contributed by atoms with E-state index in [4.69, 9.17) is 10.5 Å². The molecule has 0 fully saturated rings. The summed E-state index contributed by atoms with van der Waals surface area (Å²) in [4.78, 5) is 0. The van der Waals surface area contributed by atoms with Crippen LogP contribution in [0.25, 0.3) is 6.08 Å². The lowest BCUT2D eigenvalue weighted by molar-refractivity contribution is 0.305. The molecule has 4 rings (SSSR count). The first-order valence-electron chi connectivity index (χ1n) is 10.4. The molecule has 0 saturated carbocycles. The average Bonchev–Trinajstić information content (AvgIpc) is 3.19. The molecule has 34 heavy (non-hydrogen) atoms. The molecule has 0 spiro atoms. The van der Waals surface area contributed by atoms with Gasteiger partial charge in [0.05, 0.1) is 23.0 Å². The number of nitriles is 2. The largest absolute Gasteiger partial charge is 0.489 e. The van der Waals surface area contributed by atoms with Crippen molar-refractivity contribution < 1.29 is 4.74 Å². The molecule has 6 nitrogen and oxygen atoms in total. The Balaban J connectivity index is 1.53. The minimum Gasteiger partial charge on any atom is -0.489 e. The lowest BCUT2D eigenvalue weighted by Gasteiger charge is -2.21. The Morgan fingerprint density at radius 1 is 1.06 bits per heavy atom. The summed E-state index contributed by atoms with van der Waals surface area (Å²) < 4.78 is 7.85. The number of nitrogens with zero attached hydrogens (tertiary/aromatic N) is 4. The molecule has 8 heteroatoms. The number of rotatable bonds is 6. The third-order valence-corrected chi connectivity index (χ3v) is 6.52. The van der Waals surface area contributed by atoms with Gasteiger partial charge in [0.15, 0.2) is 0 Å². The van der Waals surface area contributed by atoms with E-state index in [0.717, 1.165) is 25.8 Å². The molecular formula is C26H19Br2N5O. The molecule has 168 valence electrons. The zero-order valence-electron chi connectivity index (χ0n) is 17.9. The molecule has 2 atom stereocenters. The van der Waals surface area contributed by atoms with Gasteiger partial charge in [0, 0.05) is 14.5 Å². The zero-order valence-corrected chi connectivity index (χ0v) is 21.1. The van der Waals surface area contributed by atoms with E-state index < -0.39 is 12.1 Å². The number of allylic oxidation sites excluding steroid dienone is 1. The second-order valence-corrected chi connectivity index (χ2v) is 9.30. The van der Waals surface area contributed by atoms with Crippen molar-refractivity contribution >= 4 is 49.3 Å². The molecule has 0 aromatic heterocycles. The predicted molar refractivity (Wildman–Crippen MR) is 140 cm³/mol. The minimum absolute atomic E-state index is 0.299. The molecule has 0 unspecified atom stereocenters. The fourth-order valence-corrected chi connectivity index (χ4v) is 4.67. The van der Waals surface area contributed by atoms with Gasteiger partial charge in [-0.05, 0) is 48.0 Å². The second kappa shape index (κ2) is 10.7. The molecule has 0 radical (unpaired) electrons. The fraction of sp³-hybridized carbons (Fsp3) is 0.115. The highest BCUT2D eigenvalue weighted by Gasteiger charge is 2.37. The number of nitrogens with two attached hydrogens (primary N) is 1. The van der Waals surface area contributed by atoms with Crippen LogP contribution in [0.5, 0.6) is 5.75 Å². The maximum absolute atomic E-state index is 9.81. The lowest BCUT2D eigenvalue weighted by Crippen LogP contribution is -2.40. The molecule has 0 bridgehead atoms. The van der Waals surface area contributed by atoms with Gasteiger partial charge < -0.3 is 10.5 Å². The second-order valence-electron chi connectivity index (χ2n) is 7.53. The van der Waals surface area contributed by atoms with E-state index in [1.54, 1.807) is 11.1 Å². The Hall–Kier alpha value is -3.43. The van der Waals surface area contributed by atoms with Crippen molar-refractivity contribution in [3.8, 4) is 17.9 Å². The molecule has 3 aromatic rings. The summed E-state index contributed by atoms with van der Waals surface area (Å²) >= 11 is 6.98. The van der Waals surface area contributed by atoms with Gasteiger partial charge in [-0.2, -0.15) is 15.6 Å². The highest BCUT2D eigenvalue weighted by molar-refractivity contribution is 9.11. The third kappa shape index (κ3) is 5.21. The van der Waals surface area contributed by atoms with Crippen LogP contribution in [0.3, 0.4) is 0 Å². The molecule has 1 aliphatic heterocycles. The summed E-state index contributed by atoms with van der Waals surface area (Å²) in [6.07, 6.45) is 1.03. The Kier molecular flexibility index (Phi) is 7.44. The number of hydrogen-bond donors (Lipinski definition) is 1. The molecule has 0 aliphatic carbocycles. The van der Waals surface area contributed by atoms with Crippen molar-refractivity contribution in [2.45, 2.75) is 12.8 Å². The third-order valence-electron chi connectivity index (χ3n) is 5.29. The Morgan fingerprint density at radius 3 is 2.44 bits per heavy atom. The van der Waals surface area contributed by atoms with E-state index in [0.29, 0.717) is 23.6 Å². The van der Waals surface area contributed by atoms with Gasteiger partial charge in [0.2, 0.25) is 0 Å². The lowest BCUT2D eigenvalue weighted by atomic mass is 9.95. The van der Waals surface area contributed by atoms with E-state index in [1.165, 1.54) is 0 Å². The van der Waals surface area contributed by atoms with Crippen molar-refractivity contribution in [1.82, 2.24) is 0 Å². The highest BCUT2D eigenvalue weighted by atomic mass is 79.9. The number of para-hydroxylation sites is 1. The Morgan fingerprint density at radius 2 is 1.79 bits per heavy atom. The van der Waals surface area contributed by atoms with E-state index >= 15 is 0 Å². The summed E-state index contributed by atoms with van der Waals surface area (Å²) in [5.41, 5.74) is 9.54. The van der Waals surface area contributed by atoms with Gasteiger partial charge in [0.1, 0.15) is 30.5 Å². The number of anilines is 1. The first-order valence-corrected chi connectivity index (χ1v) is 12.0. The zero-order chi connectivity index (χ0) is 24.1. The molecule has 3 aromatic carbocycles. The number of hydrogen-bond acceptors (Lipinski definition) is 6. The normalized spacial score (nSPS) is 17.6. The molecular weight excluding hydrogens is 558 g/mol. The quantitative estimate of drug-likeness (QED) is 0.363. The average molecular weight is 577 g/mol. The summed E-state index contributed by atoms with van der Waals surface area (Å²) in [5, 5.41) is 25.6. The van der Waals surface area contributed by atoms with E-state index in [9.17, 15) is 10.5 Å². The number of halogens is 2. The van der Waals surface area contributed by atoms with Gasteiger partial charge in [-0.3, -0.25) is 0 Å². The van der Waals surface area contributed by atoms with Crippen molar-refractivity contribution in [2.24, 2.45) is 16.8 Å². The fourth-order valence-electron chi connectivity index (χ4n) is 3.51. The van der Waals surface area contributed by atoms with Crippen LogP contribution in [-0.2, 0) is 6.61 Å². The summed E-state index contributed by atoms with van der Waals surface area (Å²) in [7, 11) is 0. The van der Waals surface area contributed by atoms with E-state index in [-0.39, 0.29) is 0 Å². The standard InChI is InChI=1S/C26H19Br2N5O/c27-20-9-8-18(24(28)13-20)16-34-22-10-6-17(7-11-22)12-19(14-29)25-23(15-30)26(31)33(32-25)21-4-2-1-3-5-21/h1-13,23,26H,16,31H2/b19-12-/t23-,26+/m0/s1. The van der Waals surface area contributed by atoms with Crippen LogP contribution >= 0.6 is 31.9 Å².